The van der Waals surface area contributed by atoms with Crippen molar-refractivity contribution in [2.75, 3.05) is 0 Å². The molecule has 1 aromatic heterocycles. The van der Waals surface area contributed by atoms with E-state index in [2.05, 4.69) is 32.0 Å². The normalized spacial score (nSPS) is 12.7. The zero-order valence-electron chi connectivity index (χ0n) is 10.0. The van der Waals surface area contributed by atoms with Crippen LogP contribution in [0.3, 0.4) is 0 Å². The molecule has 0 aliphatic carbocycles. The van der Waals surface area contributed by atoms with Crippen LogP contribution in [0, 0.1) is 13.8 Å². The van der Waals surface area contributed by atoms with Crippen LogP contribution in [0.1, 0.15) is 27.6 Å². The molecule has 0 radical (unpaired) electrons. The molecule has 1 nitrogen and oxygen atoms in total. The van der Waals surface area contributed by atoms with Crippen molar-refractivity contribution >= 4 is 22.9 Å². The van der Waals surface area contributed by atoms with Crippen molar-refractivity contribution in [1.82, 2.24) is 0 Å². The lowest BCUT2D eigenvalue weighted by Crippen LogP contribution is -2.13. The van der Waals surface area contributed by atoms with Crippen molar-refractivity contribution < 1.29 is 0 Å². The fourth-order valence-electron chi connectivity index (χ4n) is 1.92. The van der Waals surface area contributed by atoms with Gasteiger partial charge < -0.3 is 5.73 Å². The maximum absolute atomic E-state index is 6.22. The summed E-state index contributed by atoms with van der Waals surface area (Å²) in [5.41, 5.74) is 10.1. The van der Waals surface area contributed by atoms with Gasteiger partial charge in [-0.3, -0.25) is 0 Å². The van der Waals surface area contributed by atoms with E-state index in [0.29, 0.717) is 0 Å². The van der Waals surface area contributed by atoms with Gasteiger partial charge in [-0.15, -0.1) is 11.3 Å². The van der Waals surface area contributed by atoms with E-state index < -0.39 is 0 Å². The molecule has 0 aliphatic heterocycles. The standard InChI is InChI=1S/C14H16ClNS/c1-9-3-4-10(2)11(7-9)8-13(16)14-12(15)5-6-17-14/h3-7,13H,8,16H2,1-2H3. The summed E-state index contributed by atoms with van der Waals surface area (Å²) < 4.78 is 0. The average molecular weight is 266 g/mol. The molecule has 0 spiro atoms. The highest BCUT2D eigenvalue weighted by atomic mass is 35.5. The zero-order chi connectivity index (χ0) is 12.4. The van der Waals surface area contributed by atoms with E-state index in [1.54, 1.807) is 11.3 Å². The molecule has 1 unspecified atom stereocenters. The van der Waals surface area contributed by atoms with Crippen LogP contribution in [0.5, 0.6) is 0 Å². The maximum Gasteiger partial charge on any atom is 0.0561 e. The van der Waals surface area contributed by atoms with E-state index in [4.69, 9.17) is 17.3 Å². The Hall–Kier alpha value is -0.830. The van der Waals surface area contributed by atoms with Crippen LogP contribution in [0.2, 0.25) is 5.02 Å². The SMILES string of the molecule is Cc1ccc(C)c(CC(N)c2sccc2Cl)c1. The lowest BCUT2D eigenvalue weighted by atomic mass is 9.99. The quantitative estimate of drug-likeness (QED) is 0.882. The lowest BCUT2D eigenvalue weighted by Gasteiger charge is -2.13. The summed E-state index contributed by atoms with van der Waals surface area (Å²) in [7, 11) is 0. The third kappa shape index (κ3) is 2.89. The molecular weight excluding hydrogens is 250 g/mol. The smallest absolute Gasteiger partial charge is 0.0561 e. The van der Waals surface area contributed by atoms with Gasteiger partial charge in [-0.1, -0.05) is 35.4 Å². The number of thiophene rings is 1. The van der Waals surface area contributed by atoms with Crippen molar-refractivity contribution in [1.29, 1.82) is 0 Å². The largest absolute Gasteiger partial charge is 0.323 e. The van der Waals surface area contributed by atoms with Crippen molar-refractivity contribution in [3.63, 3.8) is 0 Å². The van der Waals surface area contributed by atoms with Gasteiger partial charge in [-0.05, 0) is 42.8 Å². The van der Waals surface area contributed by atoms with E-state index in [9.17, 15) is 0 Å². The molecule has 0 saturated carbocycles. The highest BCUT2D eigenvalue weighted by Gasteiger charge is 2.13. The number of hydrogen-bond donors (Lipinski definition) is 1. The summed E-state index contributed by atoms with van der Waals surface area (Å²) in [5, 5.41) is 2.77. The van der Waals surface area contributed by atoms with Gasteiger partial charge in [-0.2, -0.15) is 0 Å². The molecule has 90 valence electrons. The predicted octanol–water partition coefficient (Wildman–Crippen LogP) is 4.26. The molecular formula is C14H16ClNS. The van der Waals surface area contributed by atoms with Crippen molar-refractivity contribution in [3.05, 3.63) is 56.2 Å². The minimum absolute atomic E-state index is 0.0111. The number of hydrogen-bond acceptors (Lipinski definition) is 2. The molecule has 2 N–H and O–H groups in total. The van der Waals surface area contributed by atoms with Gasteiger partial charge >= 0.3 is 0 Å². The Bertz CT molecular complexity index is 519. The Morgan fingerprint density at radius 3 is 2.71 bits per heavy atom. The van der Waals surface area contributed by atoms with Gasteiger partial charge in [0.25, 0.3) is 0 Å². The minimum atomic E-state index is -0.0111. The molecule has 0 aliphatic rings. The Balaban J connectivity index is 2.21. The summed E-state index contributed by atoms with van der Waals surface area (Å²) in [6.07, 6.45) is 0.841. The molecule has 2 rings (SSSR count). The number of benzene rings is 1. The van der Waals surface area contributed by atoms with Crippen LogP contribution in [0.15, 0.2) is 29.6 Å². The molecule has 3 heteroatoms. The van der Waals surface area contributed by atoms with Crippen molar-refractivity contribution in [2.24, 2.45) is 5.73 Å². The minimum Gasteiger partial charge on any atom is -0.323 e. The fraction of sp³-hybridized carbons (Fsp3) is 0.286. The molecule has 2 aromatic rings. The van der Waals surface area contributed by atoms with Gasteiger partial charge in [0.15, 0.2) is 0 Å². The first-order valence-electron chi connectivity index (χ1n) is 5.62. The van der Waals surface area contributed by atoms with Crippen molar-refractivity contribution in [2.45, 2.75) is 26.3 Å². The Labute approximate surface area is 111 Å². The number of aryl methyl sites for hydroxylation is 2. The van der Waals surface area contributed by atoms with Gasteiger partial charge in [-0.25, -0.2) is 0 Å². The third-order valence-electron chi connectivity index (χ3n) is 2.93. The van der Waals surface area contributed by atoms with Crippen molar-refractivity contribution in [3.8, 4) is 0 Å². The monoisotopic (exact) mass is 265 g/mol. The van der Waals surface area contributed by atoms with E-state index >= 15 is 0 Å². The average Bonchev–Trinajstić information content (AvgIpc) is 2.70. The van der Waals surface area contributed by atoms with Crippen LogP contribution in [-0.2, 0) is 6.42 Å². The third-order valence-corrected chi connectivity index (χ3v) is 4.42. The zero-order valence-corrected chi connectivity index (χ0v) is 11.6. The summed E-state index contributed by atoms with van der Waals surface area (Å²) in [5.74, 6) is 0. The highest BCUT2D eigenvalue weighted by molar-refractivity contribution is 7.10. The second-order valence-electron chi connectivity index (χ2n) is 4.37. The topological polar surface area (TPSA) is 26.0 Å². The summed E-state index contributed by atoms with van der Waals surface area (Å²) in [6.45, 7) is 4.23. The molecule has 0 amide bonds. The summed E-state index contributed by atoms with van der Waals surface area (Å²) >= 11 is 7.73. The second-order valence-corrected chi connectivity index (χ2v) is 5.73. The predicted molar refractivity (Wildman–Crippen MR) is 75.9 cm³/mol. The molecule has 17 heavy (non-hydrogen) atoms. The molecule has 0 fully saturated rings. The van der Waals surface area contributed by atoms with Gasteiger partial charge in [0, 0.05) is 10.9 Å². The van der Waals surface area contributed by atoms with Crippen LogP contribution >= 0.6 is 22.9 Å². The first-order valence-corrected chi connectivity index (χ1v) is 6.88. The summed E-state index contributed by atoms with van der Waals surface area (Å²) in [6, 6.07) is 8.37. The van der Waals surface area contributed by atoms with Crippen LogP contribution in [-0.4, -0.2) is 0 Å². The number of nitrogens with two attached hydrogens (primary N) is 1. The number of halogens is 1. The lowest BCUT2D eigenvalue weighted by molar-refractivity contribution is 0.733. The van der Waals surface area contributed by atoms with E-state index in [1.807, 2.05) is 11.4 Å². The maximum atomic E-state index is 6.22. The van der Waals surface area contributed by atoms with E-state index in [0.717, 1.165) is 16.3 Å². The Morgan fingerprint density at radius 1 is 1.29 bits per heavy atom. The molecule has 0 saturated heterocycles. The van der Waals surface area contributed by atoms with Crippen LogP contribution in [0.4, 0.5) is 0 Å². The number of rotatable bonds is 3. The Morgan fingerprint density at radius 2 is 2.06 bits per heavy atom. The fourth-order valence-corrected chi connectivity index (χ4v) is 3.12. The van der Waals surface area contributed by atoms with E-state index in [1.165, 1.54) is 16.7 Å². The van der Waals surface area contributed by atoms with Gasteiger partial charge in [0.05, 0.1) is 5.02 Å². The summed E-state index contributed by atoms with van der Waals surface area (Å²) in [4.78, 5) is 1.08. The highest BCUT2D eigenvalue weighted by Crippen LogP contribution is 2.29. The van der Waals surface area contributed by atoms with Crippen LogP contribution < -0.4 is 5.73 Å². The molecule has 1 atom stereocenters. The van der Waals surface area contributed by atoms with Crippen LogP contribution in [0.25, 0.3) is 0 Å². The Kier molecular flexibility index (Phi) is 3.87. The molecule has 1 heterocycles. The van der Waals surface area contributed by atoms with Gasteiger partial charge in [0.2, 0.25) is 0 Å². The first-order chi connectivity index (χ1) is 8.08. The first kappa shape index (κ1) is 12.6. The van der Waals surface area contributed by atoms with Gasteiger partial charge in [0.1, 0.15) is 0 Å². The second kappa shape index (κ2) is 5.21. The molecule has 0 bridgehead atoms. The van der Waals surface area contributed by atoms with E-state index in [-0.39, 0.29) is 6.04 Å². The molecule has 1 aromatic carbocycles.